The van der Waals surface area contributed by atoms with Crippen molar-refractivity contribution >= 4 is 27.5 Å². The maximum Gasteiger partial charge on any atom is 0.161 e. The first-order valence-electron chi connectivity index (χ1n) is 6.60. The first kappa shape index (κ1) is 15.3. The molecule has 0 radical (unpaired) electrons. The van der Waals surface area contributed by atoms with E-state index in [4.69, 9.17) is 16.3 Å². The van der Waals surface area contributed by atoms with E-state index in [2.05, 4.69) is 32.8 Å². The van der Waals surface area contributed by atoms with Crippen molar-refractivity contribution in [2.24, 2.45) is 0 Å². The summed E-state index contributed by atoms with van der Waals surface area (Å²) in [6.45, 7) is 4.72. The van der Waals surface area contributed by atoms with Gasteiger partial charge in [0.05, 0.1) is 16.8 Å². The highest BCUT2D eigenvalue weighted by Gasteiger charge is 2.11. The molecule has 0 aliphatic rings. The van der Waals surface area contributed by atoms with Gasteiger partial charge in [-0.3, -0.25) is 0 Å². The number of aromatic nitrogens is 2. The van der Waals surface area contributed by atoms with Crippen molar-refractivity contribution in [3.8, 4) is 17.1 Å². The molecular formula is C15H16BrClN2O. The van der Waals surface area contributed by atoms with Crippen LogP contribution in [0.2, 0.25) is 5.15 Å². The lowest BCUT2D eigenvalue weighted by Gasteiger charge is -2.08. The zero-order valence-corrected chi connectivity index (χ0v) is 13.8. The van der Waals surface area contributed by atoms with Crippen LogP contribution in [0.4, 0.5) is 0 Å². The minimum absolute atomic E-state index is 0.451. The molecule has 2 aromatic rings. The van der Waals surface area contributed by atoms with Gasteiger partial charge in [-0.05, 0) is 53.5 Å². The lowest BCUT2D eigenvalue weighted by atomic mass is 10.2. The van der Waals surface area contributed by atoms with Crippen LogP contribution in [0, 0.1) is 0 Å². The van der Waals surface area contributed by atoms with E-state index in [1.165, 1.54) is 0 Å². The summed E-state index contributed by atoms with van der Waals surface area (Å²) >= 11 is 9.61. The van der Waals surface area contributed by atoms with Crippen molar-refractivity contribution < 1.29 is 4.74 Å². The fraction of sp³-hybridized carbons (Fsp3) is 0.333. The highest BCUT2D eigenvalue weighted by molar-refractivity contribution is 9.10. The molecule has 20 heavy (non-hydrogen) atoms. The molecule has 5 heteroatoms. The summed E-state index contributed by atoms with van der Waals surface area (Å²) in [6.07, 6.45) is 1.88. The average molecular weight is 356 g/mol. The second-order valence-electron chi connectivity index (χ2n) is 4.31. The standard InChI is InChI=1S/C15H16BrClN2O/c1-3-5-12-13(16)14(17)19-15(18-12)10-6-8-11(9-7-10)20-4-2/h6-9H,3-5H2,1-2H3. The molecule has 0 aliphatic heterocycles. The number of ether oxygens (including phenoxy) is 1. The Hall–Kier alpha value is -1.13. The molecule has 106 valence electrons. The summed E-state index contributed by atoms with van der Waals surface area (Å²) in [4.78, 5) is 8.91. The molecule has 0 bridgehead atoms. The van der Waals surface area contributed by atoms with Crippen LogP contribution in [0.25, 0.3) is 11.4 Å². The Balaban J connectivity index is 2.36. The van der Waals surface area contributed by atoms with Gasteiger partial charge in [0.1, 0.15) is 10.9 Å². The van der Waals surface area contributed by atoms with Crippen molar-refractivity contribution in [2.75, 3.05) is 6.61 Å². The molecule has 0 aliphatic carbocycles. The first-order chi connectivity index (χ1) is 9.65. The predicted octanol–water partition coefficient (Wildman–Crippen LogP) is 4.91. The van der Waals surface area contributed by atoms with Crippen LogP contribution in [0.15, 0.2) is 28.7 Å². The van der Waals surface area contributed by atoms with E-state index in [-0.39, 0.29) is 0 Å². The van der Waals surface area contributed by atoms with Gasteiger partial charge < -0.3 is 4.74 Å². The summed E-state index contributed by atoms with van der Waals surface area (Å²) in [7, 11) is 0. The Morgan fingerprint density at radius 3 is 2.45 bits per heavy atom. The van der Waals surface area contributed by atoms with Gasteiger partial charge in [-0.1, -0.05) is 24.9 Å². The van der Waals surface area contributed by atoms with Gasteiger partial charge >= 0.3 is 0 Å². The van der Waals surface area contributed by atoms with Crippen molar-refractivity contribution in [2.45, 2.75) is 26.7 Å². The minimum atomic E-state index is 0.451. The summed E-state index contributed by atoms with van der Waals surface area (Å²) in [5.74, 6) is 1.48. The Morgan fingerprint density at radius 1 is 1.15 bits per heavy atom. The van der Waals surface area contributed by atoms with Crippen molar-refractivity contribution in [1.82, 2.24) is 9.97 Å². The molecule has 1 aromatic carbocycles. The topological polar surface area (TPSA) is 35.0 Å². The first-order valence-corrected chi connectivity index (χ1v) is 7.78. The van der Waals surface area contributed by atoms with Crippen molar-refractivity contribution in [3.63, 3.8) is 0 Å². The maximum atomic E-state index is 6.16. The fourth-order valence-corrected chi connectivity index (χ4v) is 2.43. The number of halogens is 2. The van der Waals surface area contributed by atoms with Crippen LogP contribution in [0.1, 0.15) is 26.0 Å². The molecule has 1 heterocycles. The van der Waals surface area contributed by atoms with Crippen LogP contribution in [0.3, 0.4) is 0 Å². The monoisotopic (exact) mass is 354 g/mol. The number of hydrogen-bond donors (Lipinski definition) is 0. The number of hydrogen-bond acceptors (Lipinski definition) is 3. The van der Waals surface area contributed by atoms with Crippen LogP contribution >= 0.6 is 27.5 Å². The van der Waals surface area contributed by atoms with Crippen molar-refractivity contribution in [1.29, 1.82) is 0 Å². The summed E-state index contributed by atoms with van der Waals surface area (Å²) < 4.78 is 6.22. The van der Waals surface area contributed by atoms with Gasteiger partial charge in [-0.25, -0.2) is 9.97 Å². The van der Waals surface area contributed by atoms with Gasteiger partial charge in [0.2, 0.25) is 0 Å². The van der Waals surface area contributed by atoms with Gasteiger partial charge in [0.15, 0.2) is 5.82 Å². The molecule has 2 rings (SSSR count). The summed E-state index contributed by atoms with van der Waals surface area (Å²) in [5.41, 5.74) is 1.87. The maximum absolute atomic E-state index is 6.16. The fourth-order valence-electron chi connectivity index (χ4n) is 1.86. The molecule has 3 nitrogen and oxygen atoms in total. The van der Waals surface area contributed by atoms with E-state index in [1.807, 2.05) is 31.2 Å². The average Bonchev–Trinajstić information content (AvgIpc) is 2.45. The highest BCUT2D eigenvalue weighted by atomic mass is 79.9. The van der Waals surface area contributed by atoms with Gasteiger partial charge in [0.25, 0.3) is 0 Å². The van der Waals surface area contributed by atoms with E-state index in [9.17, 15) is 0 Å². The third kappa shape index (κ3) is 3.49. The van der Waals surface area contributed by atoms with E-state index >= 15 is 0 Å². The van der Waals surface area contributed by atoms with E-state index in [0.717, 1.165) is 34.3 Å². The SMILES string of the molecule is CCCc1nc(-c2ccc(OCC)cc2)nc(Cl)c1Br. The van der Waals surface area contributed by atoms with Crippen LogP contribution < -0.4 is 4.74 Å². The zero-order valence-electron chi connectivity index (χ0n) is 11.5. The molecular weight excluding hydrogens is 340 g/mol. The molecule has 0 unspecified atom stereocenters. The molecule has 0 saturated carbocycles. The Bertz CT molecular complexity index is 587. The van der Waals surface area contributed by atoms with E-state index in [0.29, 0.717) is 17.6 Å². The normalized spacial score (nSPS) is 10.6. The zero-order chi connectivity index (χ0) is 14.5. The Kier molecular flexibility index (Phi) is 5.38. The number of benzene rings is 1. The quantitative estimate of drug-likeness (QED) is 0.715. The molecule has 0 spiro atoms. The third-order valence-corrected chi connectivity index (χ3v) is 4.12. The number of nitrogens with zero attached hydrogens (tertiary/aromatic N) is 2. The second kappa shape index (κ2) is 7.04. The second-order valence-corrected chi connectivity index (χ2v) is 5.46. The Morgan fingerprint density at radius 2 is 1.85 bits per heavy atom. The molecule has 0 atom stereocenters. The summed E-state index contributed by atoms with van der Waals surface area (Å²) in [6, 6.07) is 7.72. The highest BCUT2D eigenvalue weighted by Crippen LogP contribution is 2.28. The van der Waals surface area contributed by atoms with Crippen LogP contribution in [-0.4, -0.2) is 16.6 Å². The lowest BCUT2D eigenvalue weighted by molar-refractivity contribution is 0.340. The molecule has 1 aromatic heterocycles. The third-order valence-electron chi connectivity index (χ3n) is 2.79. The van der Waals surface area contributed by atoms with Crippen molar-refractivity contribution in [3.05, 3.63) is 39.6 Å². The van der Waals surface area contributed by atoms with Crippen LogP contribution in [0.5, 0.6) is 5.75 Å². The molecule has 0 saturated heterocycles. The molecule has 0 N–H and O–H groups in total. The van der Waals surface area contributed by atoms with Gasteiger partial charge in [-0.2, -0.15) is 0 Å². The van der Waals surface area contributed by atoms with Crippen LogP contribution in [-0.2, 0) is 6.42 Å². The molecule has 0 amide bonds. The smallest absolute Gasteiger partial charge is 0.161 e. The lowest BCUT2D eigenvalue weighted by Crippen LogP contribution is -1.98. The predicted molar refractivity (Wildman–Crippen MR) is 85.3 cm³/mol. The van der Waals surface area contributed by atoms with Gasteiger partial charge in [-0.15, -0.1) is 0 Å². The largest absolute Gasteiger partial charge is 0.494 e. The Labute approximate surface area is 132 Å². The number of rotatable bonds is 5. The summed E-state index contributed by atoms with van der Waals surface area (Å²) in [5, 5.41) is 0.451. The molecule has 0 fully saturated rings. The van der Waals surface area contributed by atoms with E-state index in [1.54, 1.807) is 0 Å². The van der Waals surface area contributed by atoms with Gasteiger partial charge in [0, 0.05) is 5.56 Å². The number of aryl methyl sites for hydroxylation is 1. The minimum Gasteiger partial charge on any atom is -0.494 e. The van der Waals surface area contributed by atoms with E-state index < -0.39 is 0 Å².